The third kappa shape index (κ3) is 8.22. The molecule has 0 radical (unpaired) electrons. The van der Waals surface area contributed by atoms with E-state index >= 15 is 0 Å². The van der Waals surface area contributed by atoms with E-state index < -0.39 is 0 Å². The molecule has 2 heteroatoms. The van der Waals surface area contributed by atoms with Crippen molar-refractivity contribution in [3.63, 3.8) is 0 Å². The Balaban J connectivity index is 5.26. The largest absolute Gasteiger partial charge is 0.356 e. The van der Waals surface area contributed by atoms with Crippen LogP contribution in [0.15, 0.2) is 0 Å². The second kappa shape index (κ2) is 13.9. The van der Waals surface area contributed by atoms with Crippen LogP contribution in [-0.2, 0) is 4.79 Å². The van der Waals surface area contributed by atoms with Crippen LogP contribution in [0.4, 0.5) is 0 Å². The Labute approximate surface area is 146 Å². The highest BCUT2D eigenvalue weighted by atomic mass is 16.1. The zero-order chi connectivity index (χ0) is 17.6. The van der Waals surface area contributed by atoms with E-state index in [0.717, 1.165) is 25.8 Å². The summed E-state index contributed by atoms with van der Waals surface area (Å²) in [6, 6.07) is 0. The van der Waals surface area contributed by atoms with Gasteiger partial charge in [0.15, 0.2) is 0 Å². The molecule has 0 aromatic heterocycles. The number of carbonyl (C=O) groups is 1. The zero-order valence-electron chi connectivity index (χ0n) is 16.7. The summed E-state index contributed by atoms with van der Waals surface area (Å²) in [5, 5.41) is 3.25. The van der Waals surface area contributed by atoms with Crippen LogP contribution in [0.25, 0.3) is 0 Å². The van der Waals surface area contributed by atoms with Crippen LogP contribution in [-0.4, -0.2) is 12.5 Å². The van der Waals surface area contributed by atoms with Crippen molar-refractivity contribution in [1.29, 1.82) is 0 Å². The maximum absolute atomic E-state index is 13.0. The monoisotopic (exact) mass is 325 g/mol. The van der Waals surface area contributed by atoms with Crippen molar-refractivity contribution >= 4 is 5.91 Å². The van der Waals surface area contributed by atoms with Crippen LogP contribution < -0.4 is 5.32 Å². The van der Waals surface area contributed by atoms with Crippen molar-refractivity contribution in [2.45, 2.75) is 112 Å². The number of nitrogens with one attached hydrogen (secondary N) is 1. The van der Waals surface area contributed by atoms with Gasteiger partial charge in [-0.2, -0.15) is 0 Å². The summed E-state index contributed by atoms with van der Waals surface area (Å²) in [4.78, 5) is 13.0. The number of unbranched alkanes of at least 4 members (excludes halogenated alkanes) is 3. The number of amides is 1. The first kappa shape index (κ1) is 22.5. The van der Waals surface area contributed by atoms with E-state index in [1.807, 2.05) is 0 Å². The Kier molecular flexibility index (Phi) is 13.5. The standard InChI is InChI=1S/C21H43NO/c1-6-11-14-19(20(23)22-18-13-8-3)21(15-9-4,16-10-5)17-12-7-2/h19H,6-18H2,1-5H3,(H,22,23)/t19-/m1/s1. The minimum absolute atomic E-state index is 0.214. The molecule has 2 nitrogen and oxygen atoms in total. The SMILES string of the molecule is CCCCNC(=O)[C@@H](CCCC)C(CCC)(CCC)CCCC. The van der Waals surface area contributed by atoms with Crippen molar-refractivity contribution in [1.82, 2.24) is 5.32 Å². The lowest BCUT2D eigenvalue weighted by Gasteiger charge is -2.41. The highest BCUT2D eigenvalue weighted by Gasteiger charge is 2.40. The van der Waals surface area contributed by atoms with E-state index in [0.29, 0.717) is 5.91 Å². The molecule has 0 aliphatic carbocycles. The summed E-state index contributed by atoms with van der Waals surface area (Å²) in [6.45, 7) is 12.1. The van der Waals surface area contributed by atoms with Crippen molar-refractivity contribution in [2.75, 3.05) is 6.54 Å². The Morgan fingerprint density at radius 2 is 1.35 bits per heavy atom. The molecule has 0 aromatic carbocycles. The Bertz CT molecular complexity index is 282. The van der Waals surface area contributed by atoms with Gasteiger partial charge in [0.2, 0.25) is 5.91 Å². The molecule has 0 aliphatic rings. The molecule has 0 aliphatic heterocycles. The highest BCUT2D eigenvalue weighted by molar-refractivity contribution is 5.79. The zero-order valence-corrected chi connectivity index (χ0v) is 16.7. The van der Waals surface area contributed by atoms with E-state index in [9.17, 15) is 4.79 Å². The van der Waals surface area contributed by atoms with Gasteiger partial charge in [0.05, 0.1) is 0 Å². The summed E-state index contributed by atoms with van der Waals surface area (Å²) in [5.41, 5.74) is 0.227. The molecule has 0 saturated heterocycles. The predicted molar refractivity (Wildman–Crippen MR) is 103 cm³/mol. The third-order valence-corrected chi connectivity index (χ3v) is 5.26. The summed E-state index contributed by atoms with van der Waals surface area (Å²) in [5.74, 6) is 0.552. The van der Waals surface area contributed by atoms with Gasteiger partial charge < -0.3 is 5.32 Å². The lowest BCUT2D eigenvalue weighted by Crippen LogP contribution is -2.42. The van der Waals surface area contributed by atoms with Crippen LogP contribution in [0.1, 0.15) is 112 Å². The number of hydrogen-bond acceptors (Lipinski definition) is 1. The predicted octanol–water partition coefficient (Wildman–Crippen LogP) is 6.49. The first-order valence-electron chi connectivity index (χ1n) is 10.4. The topological polar surface area (TPSA) is 29.1 Å². The molecule has 0 rings (SSSR count). The molecule has 1 N–H and O–H groups in total. The maximum Gasteiger partial charge on any atom is 0.223 e. The first-order valence-corrected chi connectivity index (χ1v) is 10.4. The molecule has 0 unspecified atom stereocenters. The molecule has 1 amide bonds. The van der Waals surface area contributed by atoms with Gasteiger partial charge in [-0.15, -0.1) is 0 Å². The molecule has 23 heavy (non-hydrogen) atoms. The van der Waals surface area contributed by atoms with Gasteiger partial charge in [-0.3, -0.25) is 4.79 Å². The average molecular weight is 326 g/mol. The van der Waals surface area contributed by atoms with Crippen LogP contribution in [0, 0.1) is 11.3 Å². The van der Waals surface area contributed by atoms with Gasteiger partial charge in [0, 0.05) is 12.5 Å². The van der Waals surface area contributed by atoms with Crippen LogP contribution in [0.5, 0.6) is 0 Å². The maximum atomic E-state index is 13.0. The molecule has 1 atom stereocenters. The van der Waals surface area contributed by atoms with E-state index in [1.54, 1.807) is 0 Å². The van der Waals surface area contributed by atoms with Gasteiger partial charge in [0.1, 0.15) is 0 Å². The van der Waals surface area contributed by atoms with Crippen molar-refractivity contribution in [3.05, 3.63) is 0 Å². The van der Waals surface area contributed by atoms with Gasteiger partial charge in [0.25, 0.3) is 0 Å². The van der Waals surface area contributed by atoms with Crippen molar-refractivity contribution in [2.24, 2.45) is 11.3 Å². The second-order valence-corrected chi connectivity index (χ2v) is 7.31. The fourth-order valence-electron chi connectivity index (χ4n) is 4.06. The Morgan fingerprint density at radius 3 is 1.83 bits per heavy atom. The third-order valence-electron chi connectivity index (χ3n) is 5.26. The molecule has 0 spiro atoms. The molecular weight excluding hydrogens is 282 g/mol. The minimum Gasteiger partial charge on any atom is -0.356 e. The van der Waals surface area contributed by atoms with E-state index in [2.05, 4.69) is 39.9 Å². The van der Waals surface area contributed by atoms with E-state index in [-0.39, 0.29) is 11.3 Å². The summed E-state index contributed by atoms with van der Waals surface area (Å²) in [6.07, 6.45) is 14.2. The molecule has 0 aromatic rings. The van der Waals surface area contributed by atoms with Crippen molar-refractivity contribution < 1.29 is 4.79 Å². The summed E-state index contributed by atoms with van der Waals surface area (Å²) < 4.78 is 0. The number of carbonyl (C=O) groups excluding carboxylic acids is 1. The van der Waals surface area contributed by atoms with Gasteiger partial charge in [-0.05, 0) is 37.5 Å². The Hall–Kier alpha value is -0.530. The molecular formula is C21H43NO. The van der Waals surface area contributed by atoms with Crippen molar-refractivity contribution in [3.8, 4) is 0 Å². The van der Waals surface area contributed by atoms with Gasteiger partial charge in [-0.25, -0.2) is 0 Å². The number of rotatable bonds is 15. The highest BCUT2D eigenvalue weighted by Crippen LogP contribution is 2.45. The first-order chi connectivity index (χ1) is 11.1. The molecule has 0 fully saturated rings. The normalized spacial score (nSPS) is 13.1. The molecule has 0 saturated carbocycles. The van der Waals surface area contributed by atoms with Crippen LogP contribution >= 0.6 is 0 Å². The van der Waals surface area contributed by atoms with E-state index in [1.165, 1.54) is 57.8 Å². The Morgan fingerprint density at radius 1 is 0.783 bits per heavy atom. The average Bonchev–Trinajstić information content (AvgIpc) is 2.54. The lowest BCUT2D eigenvalue weighted by atomic mass is 9.64. The molecule has 0 heterocycles. The van der Waals surface area contributed by atoms with Crippen LogP contribution in [0.2, 0.25) is 0 Å². The number of hydrogen-bond donors (Lipinski definition) is 1. The van der Waals surface area contributed by atoms with Gasteiger partial charge >= 0.3 is 0 Å². The lowest BCUT2D eigenvalue weighted by molar-refractivity contribution is -0.131. The fourth-order valence-corrected chi connectivity index (χ4v) is 4.06. The summed E-state index contributed by atoms with van der Waals surface area (Å²) >= 11 is 0. The van der Waals surface area contributed by atoms with Crippen LogP contribution in [0.3, 0.4) is 0 Å². The summed E-state index contributed by atoms with van der Waals surface area (Å²) in [7, 11) is 0. The smallest absolute Gasteiger partial charge is 0.223 e. The van der Waals surface area contributed by atoms with Gasteiger partial charge in [-0.1, -0.05) is 79.6 Å². The minimum atomic E-state index is 0.214. The fraction of sp³-hybridized carbons (Fsp3) is 0.952. The quantitative estimate of drug-likeness (QED) is 0.343. The van der Waals surface area contributed by atoms with E-state index in [4.69, 9.17) is 0 Å². The molecule has 138 valence electrons. The molecule has 0 bridgehead atoms. The second-order valence-electron chi connectivity index (χ2n) is 7.31.